The fourth-order valence-corrected chi connectivity index (χ4v) is 5.02. The van der Waals surface area contributed by atoms with Gasteiger partial charge in [-0.2, -0.15) is 0 Å². The summed E-state index contributed by atoms with van der Waals surface area (Å²) in [7, 11) is 2.09. The predicted molar refractivity (Wildman–Crippen MR) is 128 cm³/mol. The molecule has 0 bridgehead atoms. The van der Waals surface area contributed by atoms with Crippen LogP contribution < -0.4 is 15.8 Å². The number of carbonyl (C=O) groups excluding carboxylic acids is 1. The first-order valence-corrected chi connectivity index (χ1v) is 11.7. The smallest absolute Gasteiger partial charge is 0.235 e. The van der Waals surface area contributed by atoms with E-state index in [9.17, 15) is 13.6 Å². The molecule has 8 heteroatoms. The second-order valence-electron chi connectivity index (χ2n) is 9.36. The monoisotopic (exact) mass is 466 g/mol. The summed E-state index contributed by atoms with van der Waals surface area (Å²) >= 11 is 0. The highest BCUT2D eigenvalue weighted by Gasteiger charge is 2.52. The lowest BCUT2D eigenvalue weighted by atomic mass is 9.65. The van der Waals surface area contributed by atoms with Gasteiger partial charge in [0.25, 0.3) is 0 Å². The number of halogens is 2. The minimum atomic E-state index is -0.765. The number of nitrogens with zero attached hydrogens (tertiary/aromatic N) is 2. The van der Waals surface area contributed by atoms with Crippen LogP contribution in [0.5, 0.6) is 5.75 Å². The van der Waals surface area contributed by atoms with E-state index in [0.717, 1.165) is 68.6 Å². The van der Waals surface area contributed by atoms with Crippen molar-refractivity contribution in [1.82, 2.24) is 4.90 Å². The van der Waals surface area contributed by atoms with Crippen LogP contribution in [0.2, 0.25) is 0 Å². The van der Waals surface area contributed by atoms with Crippen LogP contribution in [0.4, 0.5) is 20.2 Å². The van der Waals surface area contributed by atoms with Crippen molar-refractivity contribution in [3.63, 3.8) is 0 Å². The molecule has 1 amide bonds. The molecule has 34 heavy (non-hydrogen) atoms. The molecule has 0 radical (unpaired) electrons. The summed E-state index contributed by atoms with van der Waals surface area (Å²) in [5, 5.41) is 3.06. The van der Waals surface area contributed by atoms with Gasteiger partial charge in [0.1, 0.15) is 17.7 Å². The van der Waals surface area contributed by atoms with Crippen LogP contribution in [0.1, 0.15) is 43.2 Å². The maximum atomic E-state index is 14.4. The number of nitrogens with two attached hydrogens (primary N) is 1. The number of benzene rings is 2. The van der Waals surface area contributed by atoms with Crippen molar-refractivity contribution in [2.75, 3.05) is 25.5 Å². The Bertz CT molecular complexity index is 1180. The third kappa shape index (κ3) is 3.96. The van der Waals surface area contributed by atoms with Gasteiger partial charge >= 0.3 is 0 Å². The van der Waals surface area contributed by atoms with Crippen molar-refractivity contribution in [2.24, 2.45) is 10.7 Å². The molecule has 1 spiro atoms. The number of likely N-dealkylation sites (tertiary alicyclic amines) is 1. The van der Waals surface area contributed by atoms with Gasteiger partial charge in [0.05, 0.1) is 22.5 Å². The van der Waals surface area contributed by atoms with Gasteiger partial charge in [-0.15, -0.1) is 0 Å². The summed E-state index contributed by atoms with van der Waals surface area (Å²) in [4.78, 5) is 19.7. The molecule has 2 aliphatic heterocycles. The number of aliphatic imine (C=N–C) groups is 1. The molecule has 2 aromatic rings. The quantitative estimate of drug-likeness (QED) is 0.640. The van der Waals surface area contributed by atoms with Gasteiger partial charge < -0.3 is 20.7 Å². The maximum Gasteiger partial charge on any atom is 0.235 e. The zero-order valence-electron chi connectivity index (χ0n) is 19.1. The first-order chi connectivity index (χ1) is 16.4. The zero-order valence-corrected chi connectivity index (χ0v) is 19.1. The first kappa shape index (κ1) is 22.5. The lowest BCUT2D eigenvalue weighted by Gasteiger charge is -2.36. The molecule has 3 N–H and O–H groups in total. The Morgan fingerprint density at radius 3 is 2.65 bits per heavy atom. The lowest BCUT2D eigenvalue weighted by molar-refractivity contribution is -0.123. The minimum Gasteiger partial charge on any atom is -0.488 e. The molecule has 3 aliphatic rings. The van der Waals surface area contributed by atoms with E-state index < -0.39 is 17.0 Å². The van der Waals surface area contributed by atoms with Crippen LogP contribution in [-0.4, -0.2) is 42.8 Å². The largest absolute Gasteiger partial charge is 0.488 e. The molecule has 1 saturated heterocycles. The Labute approximate surface area is 197 Å². The number of amides is 1. The number of hydrogen-bond donors (Lipinski definition) is 2. The fraction of sp³-hybridized carbons (Fsp3) is 0.385. The Kier molecular flexibility index (Phi) is 5.85. The third-order valence-corrected chi connectivity index (χ3v) is 7.16. The summed E-state index contributed by atoms with van der Waals surface area (Å²) in [5.74, 6) is -0.845. The van der Waals surface area contributed by atoms with E-state index in [-0.39, 0.29) is 17.7 Å². The number of anilines is 1. The molecule has 2 heterocycles. The van der Waals surface area contributed by atoms with E-state index in [4.69, 9.17) is 10.5 Å². The molecule has 0 unspecified atom stereocenters. The number of hydrogen-bond acceptors (Lipinski definition) is 5. The van der Waals surface area contributed by atoms with Crippen LogP contribution in [0.25, 0.3) is 0 Å². The molecular weight excluding hydrogens is 438 g/mol. The number of piperidine rings is 1. The number of ether oxygens (including phenoxy) is 1. The normalized spacial score (nSPS) is 20.4. The maximum absolute atomic E-state index is 14.4. The highest BCUT2D eigenvalue weighted by Crippen LogP contribution is 2.54. The molecule has 1 aliphatic carbocycles. The summed E-state index contributed by atoms with van der Waals surface area (Å²) in [6, 6.07) is 7.00. The van der Waals surface area contributed by atoms with Crippen LogP contribution >= 0.6 is 0 Å². The second kappa shape index (κ2) is 8.83. The van der Waals surface area contributed by atoms with Crippen molar-refractivity contribution < 1.29 is 18.3 Å². The van der Waals surface area contributed by atoms with Crippen LogP contribution in [-0.2, 0) is 10.2 Å². The number of rotatable bonds is 5. The van der Waals surface area contributed by atoms with Gasteiger partial charge in [-0.05, 0) is 74.8 Å². The first-order valence-electron chi connectivity index (χ1n) is 11.7. The van der Waals surface area contributed by atoms with Crippen molar-refractivity contribution in [3.05, 3.63) is 65.4 Å². The summed E-state index contributed by atoms with van der Waals surface area (Å²) in [5.41, 5.74) is 7.80. The molecule has 0 aromatic heterocycles. The predicted octanol–water partition coefficient (Wildman–Crippen LogP) is 4.40. The zero-order chi connectivity index (χ0) is 23.9. The Hall–Kier alpha value is -3.26. The molecule has 6 nitrogen and oxygen atoms in total. The summed E-state index contributed by atoms with van der Waals surface area (Å²) in [6.45, 7) is 1.88. The average molecular weight is 467 g/mol. The van der Waals surface area contributed by atoms with Crippen molar-refractivity contribution in [3.8, 4) is 5.75 Å². The van der Waals surface area contributed by atoms with Gasteiger partial charge in [-0.25, -0.2) is 13.8 Å². The summed E-state index contributed by atoms with van der Waals surface area (Å²) < 4.78 is 34.2. The minimum absolute atomic E-state index is 0.000318. The van der Waals surface area contributed by atoms with Crippen molar-refractivity contribution in [2.45, 2.75) is 43.6 Å². The van der Waals surface area contributed by atoms with E-state index in [1.165, 1.54) is 12.3 Å². The molecule has 0 atom stereocenters. The topological polar surface area (TPSA) is 80.0 Å². The lowest BCUT2D eigenvalue weighted by Crippen LogP contribution is -2.40. The van der Waals surface area contributed by atoms with Crippen LogP contribution in [0.15, 0.2) is 47.6 Å². The van der Waals surface area contributed by atoms with E-state index in [1.54, 1.807) is 6.08 Å². The molecule has 2 aromatic carbocycles. The van der Waals surface area contributed by atoms with E-state index >= 15 is 0 Å². The SMILES string of the molecule is CN1CCC(Oc2cc(C(C=CN)=Nc3ccc(F)cc3F)cc3c2NC(=O)C32CCC2)CC1. The van der Waals surface area contributed by atoms with E-state index in [1.807, 2.05) is 12.1 Å². The van der Waals surface area contributed by atoms with Gasteiger partial charge in [-0.3, -0.25) is 4.79 Å². The van der Waals surface area contributed by atoms with Gasteiger partial charge in [0, 0.05) is 24.7 Å². The molecule has 2 fully saturated rings. The van der Waals surface area contributed by atoms with Crippen LogP contribution in [0, 0.1) is 11.6 Å². The van der Waals surface area contributed by atoms with Crippen molar-refractivity contribution >= 4 is 23.0 Å². The fourth-order valence-electron chi connectivity index (χ4n) is 5.02. The molecular formula is C26H28F2N4O2. The van der Waals surface area contributed by atoms with Crippen molar-refractivity contribution in [1.29, 1.82) is 0 Å². The Balaban J connectivity index is 1.60. The second-order valence-corrected chi connectivity index (χ2v) is 9.36. The van der Waals surface area contributed by atoms with Gasteiger partial charge in [-0.1, -0.05) is 6.42 Å². The molecule has 178 valence electrons. The third-order valence-electron chi connectivity index (χ3n) is 7.16. The van der Waals surface area contributed by atoms with Crippen LogP contribution in [0.3, 0.4) is 0 Å². The van der Waals surface area contributed by atoms with Gasteiger partial charge in [0.15, 0.2) is 5.82 Å². The number of allylic oxidation sites excluding steroid dienone is 1. The van der Waals surface area contributed by atoms with Gasteiger partial charge in [0.2, 0.25) is 5.91 Å². The molecule has 5 rings (SSSR count). The average Bonchev–Trinajstić information content (AvgIpc) is 3.09. The number of fused-ring (bicyclic) bond motifs is 2. The Morgan fingerprint density at radius 2 is 2.00 bits per heavy atom. The number of nitrogens with one attached hydrogen (secondary N) is 1. The van der Waals surface area contributed by atoms with E-state index in [0.29, 0.717) is 17.0 Å². The molecule has 1 saturated carbocycles. The number of carbonyl (C=O) groups is 1. The van der Waals surface area contributed by atoms with E-state index in [2.05, 4.69) is 22.3 Å². The highest BCUT2D eigenvalue weighted by molar-refractivity contribution is 6.13. The highest BCUT2D eigenvalue weighted by atomic mass is 19.1. The summed E-state index contributed by atoms with van der Waals surface area (Å²) in [6.07, 6.45) is 7.23. The standard InChI is InChI=1S/C26H28F2N4O2/c1-32-11-6-18(7-12-32)34-23-14-16(13-19-24(23)31-25(33)26(19)8-2-9-26)21(5-10-29)30-22-4-3-17(27)15-20(22)28/h3-5,10,13-15,18H,2,6-9,11-12,29H2,1H3,(H,31,33). The Morgan fingerprint density at radius 1 is 1.24 bits per heavy atom.